The van der Waals surface area contributed by atoms with Gasteiger partial charge in [-0.2, -0.15) is 0 Å². The van der Waals surface area contributed by atoms with E-state index in [2.05, 4.69) is 36.2 Å². The van der Waals surface area contributed by atoms with Crippen LogP contribution in [0.4, 0.5) is 0 Å². The normalized spacial score (nSPS) is 14.1. The summed E-state index contributed by atoms with van der Waals surface area (Å²) in [7, 11) is 0. The number of rotatable bonds is 3. The fraction of sp³-hybridized carbons (Fsp3) is 0.375. The first-order valence-corrected chi connectivity index (χ1v) is 8.33. The predicted molar refractivity (Wildman–Crippen MR) is 84.4 cm³/mol. The Morgan fingerprint density at radius 2 is 1.95 bits per heavy atom. The highest BCUT2D eigenvalue weighted by atomic mass is 35.5. The topological polar surface area (TPSA) is 25.8 Å². The van der Waals surface area contributed by atoms with Gasteiger partial charge in [0.1, 0.15) is 11.0 Å². The number of aromatic nitrogens is 2. The first-order chi connectivity index (χ1) is 9.74. The molecule has 1 aliphatic rings. The van der Waals surface area contributed by atoms with Crippen molar-refractivity contribution in [1.82, 2.24) is 9.97 Å². The van der Waals surface area contributed by atoms with Crippen molar-refractivity contribution in [2.24, 2.45) is 0 Å². The summed E-state index contributed by atoms with van der Waals surface area (Å²) in [6.07, 6.45) is 4.48. The van der Waals surface area contributed by atoms with E-state index in [1.165, 1.54) is 28.9 Å². The number of aryl methyl sites for hydroxylation is 2. The summed E-state index contributed by atoms with van der Waals surface area (Å²) in [6, 6.07) is 8.39. The van der Waals surface area contributed by atoms with E-state index in [0.717, 1.165) is 30.1 Å². The smallest absolute Gasteiger partial charge is 0.140 e. The summed E-state index contributed by atoms with van der Waals surface area (Å²) in [6.45, 7) is 2.13. The molecule has 2 aromatic rings. The van der Waals surface area contributed by atoms with Crippen molar-refractivity contribution in [3.63, 3.8) is 0 Å². The number of halogens is 1. The molecule has 3 rings (SSSR count). The van der Waals surface area contributed by atoms with E-state index in [-0.39, 0.29) is 0 Å². The Bertz CT molecular complexity index is 628. The monoisotopic (exact) mass is 304 g/mol. The Morgan fingerprint density at radius 3 is 2.80 bits per heavy atom. The second-order valence-corrected chi connectivity index (χ2v) is 6.49. The van der Waals surface area contributed by atoms with E-state index < -0.39 is 0 Å². The molecular formula is C16H17ClN2S. The van der Waals surface area contributed by atoms with Crippen LogP contribution >= 0.6 is 23.4 Å². The van der Waals surface area contributed by atoms with Crippen LogP contribution in [0.2, 0.25) is 5.15 Å². The highest BCUT2D eigenvalue weighted by molar-refractivity contribution is 7.98. The number of nitrogens with zero attached hydrogens (tertiary/aromatic N) is 2. The van der Waals surface area contributed by atoms with Crippen molar-refractivity contribution in [3.05, 3.63) is 52.1 Å². The third-order valence-electron chi connectivity index (χ3n) is 3.63. The zero-order chi connectivity index (χ0) is 13.9. The van der Waals surface area contributed by atoms with Crippen molar-refractivity contribution in [2.75, 3.05) is 0 Å². The van der Waals surface area contributed by atoms with Crippen molar-refractivity contribution in [3.8, 4) is 0 Å². The lowest BCUT2D eigenvalue weighted by molar-refractivity contribution is 0.657. The van der Waals surface area contributed by atoms with Crippen molar-refractivity contribution >= 4 is 23.4 Å². The lowest BCUT2D eigenvalue weighted by atomic mass is 9.97. The minimum absolute atomic E-state index is 0.662. The molecule has 0 N–H and O–H groups in total. The highest BCUT2D eigenvalue weighted by Gasteiger charge is 2.16. The fourth-order valence-corrected chi connectivity index (χ4v) is 3.71. The van der Waals surface area contributed by atoms with Gasteiger partial charge in [-0.05, 0) is 44.2 Å². The second-order valence-electron chi connectivity index (χ2n) is 5.12. The number of hydrogen-bond acceptors (Lipinski definition) is 3. The van der Waals surface area contributed by atoms with Crippen LogP contribution in [0.15, 0.2) is 29.2 Å². The summed E-state index contributed by atoms with van der Waals surface area (Å²) in [5.74, 6) is 1.63. The Labute approximate surface area is 129 Å². The summed E-state index contributed by atoms with van der Waals surface area (Å²) in [5.41, 5.74) is 3.63. The molecule has 20 heavy (non-hydrogen) atoms. The van der Waals surface area contributed by atoms with Crippen LogP contribution in [0.3, 0.4) is 0 Å². The van der Waals surface area contributed by atoms with Gasteiger partial charge in [-0.25, -0.2) is 9.97 Å². The van der Waals surface area contributed by atoms with Crippen molar-refractivity contribution < 1.29 is 0 Å². The molecular weight excluding hydrogens is 288 g/mol. The molecule has 1 aromatic carbocycles. The molecule has 0 saturated heterocycles. The van der Waals surface area contributed by atoms with Crippen LogP contribution in [0, 0.1) is 6.92 Å². The summed E-state index contributed by atoms with van der Waals surface area (Å²) < 4.78 is 0. The van der Waals surface area contributed by atoms with Crippen LogP contribution < -0.4 is 0 Å². The van der Waals surface area contributed by atoms with Gasteiger partial charge in [0.25, 0.3) is 0 Å². The van der Waals surface area contributed by atoms with E-state index in [1.54, 1.807) is 11.8 Å². The molecule has 104 valence electrons. The molecule has 4 heteroatoms. The van der Waals surface area contributed by atoms with Crippen LogP contribution in [0.5, 0.6) is 0 Å². The molecule has 0 bridgehead atoms. The van der Waals surface area contributed by atoms with Gasteiger partial charge in [-0.1, -0.05) is 29.8 Å². The lowest BCUT2D eigenvalue weighted by Gasteiger charge is -2.16. The van der Waals surface area contributed by atoms with Gasteiger partial charge in [-0.15, -0.1) is 11.8 Å². The predicted octanol–water partition coefficient (Wildman–Crippen LogP) is 4.61. The van der Waals surface area contributed by atoms with Gasteiger partial charge in [0.05, 0.1) is 5.75 Å². The zero-order valence-corrected chi connectivity index (χ0v) is 13.1. The Balaban J connectivity index is 1.78. The quantitative estimate of drug-likeness (QED) is 0.612. The highest BCUT2D eigenvalue weighted by Crippen LogP contribution is 2.28. The van der Waals surface area contributed by atoms with Crippen LogP contribution in [-0.2, 0) is 18.6 Å². The van der Waals surface area contributed by atoms with E-state index in [9.17, 15) is 0 Å². The Morgan fingerprint density at radius 1 is 1.15 bits per heavy atom. The average molecular weight is 305 g/mol. The maximum absolute atomic E-state index is 6.30. The van der Waals surface area contributed by atoms with Crippen LogP contribution in [0.1, 0.15) is 35.5 Å². The standard InChI is InChI=1S/C16H17ClN2S/c1-11-6-2-5-9-14(11)20-10-15-18-13-8-4-3-7-12(13)16(17)19-15/h2,5-6,9H,3-4,7-8,10H2,1H3. The van der Waals surface area contributed by atoms with E-state index >= 15 is 0 Å². The third-order valence-corrected chi connectivity index (χ3v) is 5.11. The Hall–Kier alpha value is -1.06. The molecule has 1 aromatic heterocycles. The molecule has 1 aliphatic carbocycles. The van der Waals surface area contributed by atoms with Gasteiger partial charge in [-0.3, -0.25) is 0 Å². The van der Waals surface area contributed by atoms with Gasteiger partial charge in [0.2, 0.25) is 0 Å². The van der Waals surface area contributed by atoms with Crippen molar-refractivity contribution in [2.45, 2.75) is 43.3 Å². The molecule has 0 unspecified atom stereocenters. The summed E-state index contributed by atoms with van der Waals surface area (Å²) in [4.78, 5) is 10.4. The van der Waals surface area contributed by atoms with Crippen molar-refractivity contribution in [1.29, 1.82) is 0 Å². The minimum atomic E-state index is 0.662. The van der Waals surface area contributed by atoms with Crippen LogP contribution in [0.25, 0.3) is 0 Å². The van der Waals surface area contributed by atoms with Gasteiger partial charge >= 0.3 is 0 Å². The van der Waals surface area contributed by atoms with E-state index in [0.29, 0.717) is 5.15 Å². The van der Waals surface area contributed by atoms with Gasteiger partial charge in [0.15, 0.2) is 0 Å². The fourth-order valence-electron chi connectivity index (χ4n) is 2.52. The third kappa shape index (κ3) is 2.99. The van der Waals surface area contributed by atoms with Crippen LogP contribution in [-0.4, -0.2) is 9.97 Å². The number of fused-ring (bicyclic) bond motifs is 1. The molecule has 2 nitrogen and oxygen atoms in total. The maximum atomic E-state index is 6.30. The zero-order valence-electron chi connectivity index (χ0n) is 11.5. The summed E-state index contributed by atoms with van der Waals surface area (Å²) >= 11 is 8.08. The van der Waals surface area contributed by atoms with E-state index in [4.69, 9.17) is 16.6 Å². The molecule has 0 saturated carbocycles. The minimum Gasteiger partial charge on any atom is -0.237 e. The molecule has 0 aliphatic heterocycles. The van der Waals surface area contributed by atoms with E-state index in [1.807, 2.05) is 0 Å². The molecule has 0 atom stereocenters. The average Bonchev–Trinajstić information content (AvgIpc) is 2.46. The van der Waals surface area contributed by atoms with Gasteiger partial charge in [0, 0.05) is 16.2 Å². The molecule has 0 spiro atoms. The Kier molecular flexibility index (Phi) is 4.27. The largest absolute Gasteiger partial charge is 0.237 e. The number of thioether (sulfide) groups is 1. The summed E-state index contributed by atoms with van der Waals surface area (Å²) in [5, 5.41) is 0.662. The van der Waals surface area contributed by atoms with Gasteiger partial charge < -0.3 is 0 Å². The molecule has 0 amide bonds. The number of benzene rings is 1. The first kappa shape index (κ1) is 13.9. The molecule has 0 fully saturated rings. The second kappa shape index (κ2) is 6.15. The number of hydrogen-bond donors (Lipinski definition) is 0. The maximum Gasteiger partial charge on any atom is 0.140 e. The SMILES string of the molecule is Cc1ccccc1SCc1nc(Cl)c2c(n1)CCCC2. The lowest BCUT2D eigenvalue weighted by Crippen LogP contribution is -2.10. The molecule has 1 heterocycles. The first-order valence-electron chi connectivity index (χ1n) is 6.96. The molecule has 0 radical (unpaired) electrons.